The summed E-state index contributed by atoms with van der Waals surface area (Å²) in [5.74, 6) is 0.350. The first kappa shape index (κ1) is 16.1. The van der Waals surface area contributed by atoms with Gasteiger partial charge in [0.05, 0.1) is 12.6 Å². The van der Waals surface area contributed by atoms with E-state index in [0.29, 0.717) is 19.0 Å². The van der Waals surface area contributed by atoms with Gasteiger partial charge in [0.15, 0.2) is 0 Å². The molecule has 0 unspecified atom stereocenters. The molecule has 0 aliphatic carbocycles. The summed E-state index contributed by atoms with van der Waals surface area (Å²) in [4.78, 5) is 2.36. The summed E-state index contributed by atoms with van der Waals surface area (Å²) in [6.07, 6.45) is 3.21. The Morgan fingerprint density at radius 1 is 1.00 bits per heavy atom. The normalized spacial score (nSPS) is 18.7. The zero-order valence-corrected chi connectivity index (χ0v) is 14.2. The second-order valence-corrected chi connectivity index (χ2v) is 6.74. The van der Waals surface area contributed by atoms with Crippen LogP contribution in [-0.2, 0) is 13.1 Å². The molecule has 0 amide bonds. The molecule has 25 heavy (non-hydrogen) atoms. The van der Waals surface area contributed by atoms with Crippen molar-refractivity contribution in [3.05, 3.63) is 89.7 Å². The number of nitrogens with zero attached hydrogens (tertiary/aromatic N) is 3. The molecule has 0 saturated heterocycles. The third-order valence-electron chi connectivity index (χ3n) is 4.89. The van der Waals surface area contributed by atoms with E-state index in [0.717, 1.165) is 13.1 Å². The minimum atomic E-state index is -0.429. The minimum Gasteiger partial charge on any atom is -0.390 e. The van der Waals surface area contributed by atoms with Gasteiger partial charge in [0.25, 0.3) is 0 Å². The molecular formula is C21H23N3O. The fourth-order valence-electron chi connectivity index (χ4n) is 3.77. The fourth-order valence-corrected chi connectivity index (χ4v) is 3.77. The molecular weight excluding hydrogens is 310 g/mol. The average Bonchev–Trinajstić information content (AvgIpc) is 3.14. The van der Waals surface area contributed by atoms with Crippen molar-refractivity contribution in [1.82, 2.24) is 14.7 Å². The monoisotopic (exact) mass is 333 g/mol. The maximum Gasteiger partial charge on any atom is 0.0862 e. The summed E-state index contributed by atoms with van der Waals surface area (Å²) in [6.45, 7) is 2.99. The number of hydrogen-bond acceptors (Lipinski definition) is 3. The molecule has 128 valence electrons. The molecule has 4 heteroatoms. The lowest BCUT2D eigenvalue weighted by Crippen LogP contribution is -2.40. The minimum absolute atomic E-state index is 0.350. The van der Waals surface area contributed by atoms with Gasteiger partial charge >= 0.3 is 0 Å². The van der Waals surface area contributed by atoms with Crippen molar-refractivity contribution in [2.45, 2.75) is 25.1 Å². The molecule has 2 heterocycles. The zero-order chi connectivity index (χ0) is 17.1. The van der Waals surface area contributed by atoms with E-state index in [4.69, 9.17) is 0 Å². The van der Waals surface area contributed by atoms with Gasteiger partial charge in [-0.15, -0.1) is 0 Å². The van der Waals surface area contributed by atoms with Crippen LogP contribution >= 0.6 is 0 Å². The second-order valence-electron chi connectivity index (χ2n) is 6.74. The van der Waals surface area contributed by atoms with E-state index in [1.807, 2.05) is 12.3 Å². The smallest absolute Gasteiger partial charge is 0.0862 e. The SMILES string of the molecule is O[C@H](CN1Cc2ccccc2[C@@H](c2ccccc2)C1)Cn1cccn1. The van der Waals surface area contributed by atoms with Crippen LogP contribution in [-0.4, -0.2) is 39.0 Å². The molecule has 0 saturated carbocycles. The molecule has 1 aromatic heterocycles. The predicted molar refractivity (Wildman–Crippen MR) is 98.2 cm³/mol. The van der Waals surface area contributed by atoms with Crippen molar-refractivity contribution in [2.75, 3.05) is 13.1 Å². The lowest BCUT2D eigenvalue weighted by molar-refractivity contribution is 0.0861. The van der Waals surface area contributed by atoms with Gasteiger partial charge in [0, 0.05) is 37.9 Å². The van der Waals surface area contributed by atoms with Crippen LogP contribution in [0, 0.1) is 0 Å². The van der Waals surface area contributed by atoms with Crippen LogP contribution in [0.2, 0.25) is 0 Å². The number of aromatic nitrogens is 2. The molecule has 0 radical (unpaired) electrons. The molecule has 1 aliphatic rings. The number of aliphatic hydroxyl groups is 1. The maximum atomic E-state index is 10.5. The Hall–Kier alpha value is -2.43. The third kappa shape index (κ3) is 3.65. The van der Waals surface area contributed by atoms with E-state index in [1.165, 1.54) is 16.7 Å². The van der Waals surface area contributed by atoms with Crippen molar-refractivity contribution in [3.63, 3.8) is 0 Å². The van der Waals surface area contributed by atoms with Crippen LogP contribution in [0.25, 0.3) is 0 Å². The van der Waals surface area contributed by atoms with Crippen molar-refractivity contribution in [3.8, 4) is 0 Å². The van der Waals surface area contributed by atoms with Gasteiger partial charge in [0.1, 0.15) is 0 Å². The molecule has 1 N–H and O–H groups in total. The van der Waals surface area contributed by atoms with Crippen LogP contribution in [0.15, 0.2) is 73.1 Å². The van der Waals surface area contributed by atoms with Crippen molar-refractivity contribution in [2.24, 2.45) is 0 Å². The van der Waals surface area contributed by atoms with Crippen LogP contribution in [0.1, 0.15) is 22.6 Å². The first-order chi connectivity index (χ1) is 12.3. The Kier molecular flexibility index (Phi) is 4.63. The molecule has 0 fully saturated rings. The highest BCUT2D eigenvalue weighted by atomic mass is 16.3. The third-order valence-corrected chi connectivity index (χ3v) is 4.89. The van der Waals surface area contributed by atoms with Gasteiger partial charge < -0.3 is 5.11 Å². The largest absolute Gasteiger partial charge is 0.390 e. The average molecular weight is 333 g/mol. The summed E-state index contributed by atoms with van der Waals surface area (Å²) in [5, 5.41) is 14.7. The Morgan fingerprint density at radius 2 is 1.80 bits per heavy atom. The highest BCUT2D eigenvalue weighted by molar-refractivity contribution is 5.40. The molecule has 2 atom stereocenters. The fraction of sp³-hybridized carbons (Fsp3) is 0.286. The maximum absolute atomic E-state index is 10.5. The Morgan fingerprint density at radius 3 is 2.60 bits per heavy atom. The van der Waals surface area contributed by atoms with Gasteiger partial charge in [-0.25, -0.2) is 0 Å². The van der Waals surface area contributed by atoms with E-state index >= 15 is 0 Å². The lowest BCUT2D eigenvalue weighted by Gasteiger charge is -2.36. The lowest BCUT2D eigenvalue weighted by atomic mass is 9.84. The molecule has 4 rings (SSSR count). The second kappa shape index (κ2) is 7.21. The summed E-state index contributed by atoms with van der Waals surface area (Å²) in [7, 11) is 0. The highest BCUT2D eigenvalue weighted by Gasteiger charge is 2.27. The van der Waals surface area contributed by atoms with Crippen LogP contribution in [0.4, 0.5) is 0 Å². The van der Waals surface area contributed by atoms with Crippen molar-refractivity contribution in [1.29, 1.82) is 0 Å². The summed E-state index contributed by atoms with van der Waals surface area (Å²) >= 11 is 0. The highest BCUT2D eigenvalue weighted by Crippen LogP contribution is 2.33. The van der Waals surface area contributed by atoms with E-state index in [2.05, 4.69) is 64.6 Å². The van der Waals surface area contributed by atoms with Gasteiger partial charge in [-0.2, -0.15) is 5.10 Å². The standard InChI is InChI=1S/C21H23N3O/c25-19(15-24-12-6-11-22-24)14-23-13-18-9-4-5-10-20(18)21(16-23)17-7-2-1-3-8-17/h1-12,19,21,25H,13-16H2/t19-,21-/m1/s1. The molecule has 4 nitrogen and oxygen atoms in total. The number of β-amino-alcohol motifs (C(OH)–C–C–N with tert-alkyl or cyclic N) is 1. The number of rotatable bonds is 5. The zero-order valence-electron chi connectivity index (χ0n) is 14.2. The van der Waals surface area contributed by atoms with Crippen LogP contribution in [0.3, 0.4) is 0 Å². The van der Waals surface area contributed by atoms with E-state index < -0.39 is 6.10 Å². The summed E-state index contributed by atoms with van der Waals surface area (Å²) < 4.78 is 1.79. The van der Waals surface area contributed by atoms with Gasteiger partial charge in [0.2, 0.25) is 0 Å². The Bertz CT molecular complexity index is 801. The number of hydrogen-bond donors (Lipinski definition) is 1. The van der Waals surface area contributed by atoms with Gasteiger partial charge in [-0.1, -0.05) is 54.6 Å². The quantitative estimate of drug-likeness (QED) is 0.780. The van der Waals surface area contributed by atoms with E-state index in [-0.39, 0.29) is 0 Å². The Labute approximate surface area is 148 Å². The first-order valence-electron chi connectivity index (χ1n) is 8.80. The van der Waals surface area contributed by atoms with E-state index in [1.54, 1.807) is 10.9 Å². The van der Waals surface area contributed by atoms with Crippen molar-refractivity contribution >= 4 is 0 Å². The molecule has 2 aromatic carbocycles. The van der Waals surface area contributed by atoms with Gasteiger partial charge in [-0.05, 0) is 22.8 Å². The molecule has 3 aromatic rings. The van der Waals surface area contributed by atoms with Gasteiger partial charge in [-0.3, -0.25) is 9.58 Å². The predicted octanol–water partition coefficient (Wildman–Crippen LogP) is 2.89. The molecule has 0 spiro atoms. The molecule has 1 aliphatic heterocycles. The van der Waals surface area contributed by atoms with Crippen LogP contribution in [0.5, 0.6) is 0 Å². The number of benzene rings is 2. The number of fused-ring (bicyclic) bond motifs is 1. The molecule has 0 bridgehead atoms. The summed E-state index contributed by atoms with van der Waals surface area (Å²) in [5.41, 5.74) is 4.10. The van der Waals surface area contributed by atoms with Crippen LogP contribution < -0.4 is 0 Å². The summed E-state index contributed by atoms with van der Waals surface area (Å²) in [6, 6.07) is 21.2. The van der Waals surface area contributed by atoms with Crippen molar-refractivity contribution < 1.29 is 5.11 Å². The Balaban J connectivity index is 1.53. The number of aliphatic hydroxyl groups excluding tert-OH is 1. The van der Waals surface area contributed by atoms with E-state index in [9.17, 15) is 5.11 Å². The first-order valence-corrected chi connectivity index (χ1v) is 8.80. The topological polar surface area (TPSA) is 41.3 Å².